The summed E-state index contributed by atoms with van der Waals surface area (Å²) in [5, 5.41) is 9.05. The van der Waals surface area contributed by atoms with E-state index in [1.807, 2.05) is 30.0 Å². The molecule has 1 aliphatic carbocycles. The van der Waals surface area contributed by atoms with Crippen LogP contribution in [0.15, 0.2) is 28.6 Å². The number of benzene rings is 1. The smallest absolute Gasteiger partial charge is 0.237 e. The lowest BCUT2D eigenvalue weighted by molar-refractivity contribution is -0.118. The molecule has 0 saturated heterocycles. The molecule has 2 heterocycles. The van der Waals surface area contributed by atoms with Gasteiger partial charge in [-0.3, -0.25) is 14.5 Å². The van der Waals surface area contributed by atoms with Crippen molar-refractivity contribution in [1.29, 1.82) is 0 Å². The highest BCUT2D eigenvalue weighted by molar-refractivity contribution is 8.01. The molecule has 1 aromatic heterocycles. The monoisotopic (exact) mass is 402 g/mol. The Kier molecular flexibility index (Phi) is 5.45. The lowest BCUT2D eigenvalue weighted by Crippen LogP contribution is -2.36. The number of carbonyl (C=O) groups excluding carboxylic acids is 2. The van der Waals surface area contributed by atoms with Crippen molar-refractivity contribution in [2.24, 2.45) is 0 Å². The second-order valence-corrected chi connectivity index (χ2v) is 8.94. The Morgan fingerprint density at radius 3 is 2.89 bits per heavy atom. The molecule has 4 rings (SSSR count). The maximum Gasteiger partial charge on any atom is 0.237 e. The molecule has 1 aliphatic heterocycles. The number of rotatable bonds is 6. The number of aryl methyl sites for hydroxylation is 1. The summed E-state index contributed by atoms with van der Waals surface area (Å²) in [6.45, 7) is 2.63. The summed E-state index contributed by atoms with van der Waals surface area (Å²) < 4.78 is 0.734. The maximum absolute atomic E-state index is 12.7. The van der Waals surface area contributed by atoms with Gasteiger partial charge in [-0.1, -0.05) is 48.2 Å². The lowest BCUT2D eigenvalue weighted by Gasteiger charge is -2.29. The Bertz CT molecular complexity index is 850. The van der Waals surface area contributed by atoms with Crippen molar-refractivity contribution in [1.82, 2.24) is 10.2 Å². The van der Waals surface area contributed by atoms with Gasteiger partial charge in [-0.15, -0.1) is 10.2 Å². The summed E-state index contributed by atoms with van der Waals surface area (Å²) in [6, 6.07) is 8.38. The topological polar surface area (TPSA) is 66.4 Å². The predicted octanol–water partition coefficient (Wildman–Crippen LogP) is 3.52. The zero-order valence-electron chi connectivity index (χ0n) is 15.3. The van der Waals surface area contributed by atoms with Gasteiger partial charge in [0.25, 0.3) is 0 Å². The number of aromatic nitrogens is 2. The predicted molar refractivity (Wildman–Crippen MR) is 109 cm³/mol. The maximum atomic E-state index is 12.7. The summed E-state index contributed by atoms with van der Waals surface area (Å²) in [5.74, 6) is 0.507. The van der Waals surface area contributed by atoms with Crippen LogP contribution in [0.1, 0.15) is 38.2 Å². The van der Waals surface area contributed by atoms with Crippen molar-refractivity contribution >= 4 is 45.7 Å². The van der Waals surface area contributed by atoms with E-state index in [1.54, 1.807) is 4.90 Å². The average Bonchev–Trinajstić information content (AvgIpc) is 3.43. The number of fused-ring (bicyclic) bond motifs is 1. The third-order valence-corrected chi connectivity index (χ3v) is 6.86. The number of para-hydroxylation sites is 1. The van der Waals surface area contributed by atoms with Gasteiger partial charge in [0.1, 0.15) is 0 Å². The van der Waals surface area contributed by atoms with Crippen molar-refractivity contribution in [3.05, 3.63) is 29.8 Å². The molecular formula is C19H22N4O2S2. The van der Waals surface area contributed by atoms with Crippen LogP contribution in [0.3, 0.4) is 0 Å². The molecule has 1 fully saturated rings. The fourth-order valence-electron chi connectivity index (χ4n) is 3.32. The number of amides is 2. The summed E-state index contributed by atoms with van der Waals surface area (Å²) in [7, 11) is 0. The van der Waals surface area contributed by atoms with Gasteiger partial charge in [-0.2, -0.15) is 0 Å². The number of anilines is 2. The van der Waals surface area contributed by atoms with E-state index >= 15 is 0 Å². The summed E-state index contributed by atoms with van der Waals surface area (Å²) in [6.07, 6.45) is 4.54. The first-order chi connectivity index (χ1) is 13.2. The molecule has 0 unspecified atom stereocenters. The molecule has 0 spiro atoms. The molecule has 1 saturated carbocycles. The van der Waals surface area contributed by atoms with Crippen LogP contribution in [0.5, 0.6) is 0 Å². The molecule has 2 amide bonds. The van der Waals surface area contributed by atoms with E-state index < -0.39 is 0 Å². The van der Waals surface area contributed by atoms with Crippen LogP contribution < -0.4 is 9.80 Å². The minimum absolute atomic E-state index is 0.0891. The fourth-order valence-corrected chi connectivity index (χ4v) is 5.13. The highest BCUT2D eigenvalue weighted by Crippen LogP contribution is 2.36. The molecular weight excluding hydrogens is 380 g/mol. The van der Waals surface area contributed by atoms with Crippen LogP contribution in [0.25, 0.3) is 0 Å². The summed E-state index contributed by atoms with van der Waals surface area (Å²) >= 11 is 2.80. The largest absolute Gasteiger partial charge is 0.311 e. The second-order valence-electron chi connectivity index (χ2n) is 6.77. The minimum atomic E-state index is 0.0891. The molecule has 2 aliphatic rings. The van der Waals surface area contributed by atoms with E-state index in [2.05, 4.69) is 16.3 Å². The highest BCUT2D eigenvalue weighted by Gasteiger charge is 2.35. The Morgan fingerprint density at radius 1 is 1.30 bits per heavy atom. The van der Waals surface area contributed by atoms with Gasteiger partial charge in [0.15, 0.2) is 4.34 Å². The SMILES string of the molecule is CCC(=O)N(c1nnc(SCC(=O)N2CCCc3ccccc32)s1)C1CC1. The van der Waals surface area contributed by atoms with E-state index in [9.17, 15) is 9.59 Å². The molecule has 0 radical (unpaired) electrons. The average molecular weight is 403 g/mol. The van der Waals surface area contributed by atoms with Gasteiger partial charge in [0.2, 0.25) is 16.9 Å². The number of carbonyl (C=O) groups is 2. The van der Waals surface area contributed by atoms with E-state index in [4.69, 9.17) is 0 Å². The van der Waals surface area contributed by atoms with Crippen molar-refractivity contribution in [3.8, 4) is 0 Å². The van der Waals surface area contributed by atoms with Crippen molar-refractivity contribution in [2.45, 2.75) is 49.4 Å². The van der Waals surface area contributed by atoms with Gasteiger partial charge < -0.3 is 4.90 Å². The summed E-state index contributed by atoms with van der Waals surface area (Å²) in [5.41, 5.74) is 2.26. The number of hydrogen-bond acceptors (Lipinski definition) is 6. The van der Waals surface area contributed by atoms with Gasteiger partial charge in [0, 0.05) is 24.7 Å². The van der Waals surface area contributed by atoms with E-state index in [0.717, 1.165) is 42.3 Å². The number of hydrogen-bond donors (Lipinski definition) is 0. The first kappa shape index (κ1) is 18.4. The Labute approximate surface area is 167 Å². The Morgan fingerprint density at radius 2 is 2.11 bits per heavy atom. The minimum Gasteiger partial charge on any atom is -0.311 e. The van der Waals surface area contributed by atoms with Crippen molar-refractivity contribution in [3.63, 3.8) is 0 Å². The first-order valence-corrected chi connectivity index (χ1v) is 11.1. The first-order valence-electron chi connectivity index (χ1n) is 9.34. The highest BCUT2D eigenvalue weighted by atomic mass is 32.2. The van der Waals surface area contributed by atoms with Crippen LogP contribution >= 0.6 is 23.1 Å². The lowest BCUT2D eigenvalue weighted by atomic mass is 10.0. The molecule has 1 aromatic carbocycles. The molecule has 2 aromatic rings. The standard InChI is InChI=1S/C19H22N4O2S2/c1-2-16(24)23(14-9-10-14)18-20-21-19(27-18)26-12-17(25)22-11-5-7-13-6-3-4-8-15(13)22/h3-4,6,8,14H,2,5,7,9-12H2,1H3. The summed E-state index contributed by atoms with van der Waals surface area (Å²) in [4.78, 5) is 28.6. The molecule has 6 nitrogen and oxygen atoms in total. The third-order valence-electron chi connectivity index (χ3n) is 4.82. The molecule has 0 atom stereocenters. The zero-order chi connectivity index (χ0) is 18.8. The van der Waals surface area contributed by atoms with Crippen LogP contribution in [0, 0.1) is 0 Å². The molecule has 0 bridgehead atoms. The van der Waals surface area contributed by atoms with Gasteiger partial charge in [-0.05, 0) is 37.3 Å². The molecule has 27 heavy (non-hydrogen) atoms. The van der Waals surface area contributed by atoms with Crippen LogP contribution in [0.4, 0.5) is 10.8 Å². The van der Waals surface area contributed by atoms with E-state index in [-0.39, 0.29) is 17.9 Å². The van der Waals surface area contributed by atoms with Gasteiger partial charge >= 0.3 is 0 Å². The zero-order valence-corrected chi connectivity index (χ0v) is 16.9. The molecule has 142 valence electrons. The van der Waals surface area contributed by atoms with Crippen LogP contribution in [-0.2, 0) is 16.0 Å². The number of nitrogens with zero attached hydrogens (tertiary/aromatic N) is 4. The van der Waals surface area contributed by atoms with Crippen LogP contribution in [-0.4, -0.2) is 40.4 Å². The second kappa shape index (κ2) is 7.98. The normalized spacial score (nSPS) is 16.1. The van der Waals surface area contributed by atoms with E-state index in [0.29, 0.717) is 17.3 Å². The fraction of sp³-hybridized carbons (Fsp3) is 0.474. The van der Waals surface area contributed by atoms with Gasteiger partial charge in [-0.25, -0.2) is 0 Å². The third kappa shape index (κ3) is 4.01. The van der Waals surface area contributed by atoms with E-state index in [1.165, 1.54) is 28.7 Å². The molecule has 0 N–H and O–H groups in total. The Balaban J connectivity index is 1.40. The van der Waals surface area contributed by atoms with Crippen molar-refractivity contribution in [2.75, 3.05) is 22.1 Å². The van der Waals surface area contributed by atoms with Gasteiger partial charge in [0.05, 0.1) is 5.75 Å². The molecule has 8 heteroatoms. The number of thioether (sulfide) groups is 1. The Hall–Kier alpha value is -1.93. The van der Waals surface area contributed by atoms with Crippen LogP contribution in [0.2, 0.25) is 0 Å². The quantitative estimate of drug-likeness (QED) is 0.546. The van der Waals surface area contributed by atoms with Crippen molar-refractivity contribution < 1.29 is 9.59 Å².